The number of para-hydroxylation sites is 1. The highest BCUT2D eigenvalue weighted by molar-refractivity contribution is 5.70. The van der Waals surface area contributed by atoms with Gasteiger partial charge in [-0.05, 0) is 36.1 Å². The van der Waals surface area contributed by atoms with Crippen molar-refractivity contribution in [1.29, 1.82) is 0 Å². The molecular formula is C19H22O4. The molecule has 4 nitrogen and oxygen atoms in total. The van der Waals surface area contributed by atoms with Crippen molar-refractivity contribution in [3.63, 3.8) is 0 Å². The molecule has 0 spiro atoms. The monoisotopic (exact) mass is 314 g/mol. The van der Waals surface area contributed by atoms with E-state index in [1.807, 2.05) is 49.4 Å². The van der Waals surface area contributed by atoms with Crippen molar-refractivity contribution < 1.29 is 19.0 Å². The van der Waals surface area contributed by atoms with Crippen LogP contribution in [-0.4, -0.2) is 20.2 Å². The summed E-state index contributed by atoms with van der Waals surface area (Å²) in [6.07, 6.45) is 0.850. The number of rotatable bonds is 7. The number of ether oxygens (including phenoxy) is 3. The second kappa shape index (κ2) is 8.22. The molecule has 2 aromatic carbocycles. The highest BCUT2D eigenvalue weighted by Crippen LogP contribution is 2.31. The lowest BCUT2D eigenvalue weighted by Gasteiger charge is -2.12. The molecule has 2 rings (SSSR count). The highest BCUT2D eigenvalue weighted by atomic mass is 16.5. The van der Waals surface area contributed by atoms with E-state index in [4.69, 9.17) is 14.2 Å². The van der Waals surface area contributed by atoms with Crippen LogP contribution in [0.15, 0.2) is 42.5 Å². The molecule has 0 bridgehead atoms. The van der Waals surface area contributed by atoms with Crippen LogP contribution in [0.4, 0.5) is 0 Å². The first kappa shape index (κ1) is 16.9. The molecule has 0 unspecified atom stereocenters. The molecule has 0 fully saturated rings. The summed E-state index contributed by atoms with van der Waals surface area (Å²) >= 11 is 0. The predicted molar refractivity (Wildman–Crippen MR) is 88.8 cm³/mol. The van der Waals surface area contributed by atoms with Gasteiger partial charge in [0.25, 0.3) is 0 Å². The Balaban J connectivity index is 1.91. The third kappa shape index (κ3) is 4.49. The van der Waals surface area contributed by atoms with Gasteiger partial charge in [0, 0.05) is 6.42 Å². The normalized spacial score (nSPS) is 10.2. The highest BCUT2D eigenvalue weighted by Gasteiger charge is 2.12. The molecule has 2 aromatic rings. The Bertz CT molecular complexity index is 664. The van der Waals surface area contributed by atoms with Gasteiger partial charge in [0.1, 0.15) is 6.61 Å². The van der Waals surface area contributed by atoms with Gasteiger partial charge in [0.15, 0.2) is 11.5 Å². The van der Waals surface area contributed by atoms with Gasteiger partial charge in [-0.25, -0.2) is 0 Å². The summed E-state index contributed by atoms with van der Waals surface area (Å²) in [6, 6.07) is 13.5. The second-order valence-corrected chi connectivity index (χ2v) is 5.24. The number of hydrogen-bond donors (Lipinski definition) is 0. The molecule has 0 heterocycles. The Kier molecular flexibility index (Phi) is 6.03. The van der Waals surface area contributed by atoms with Crippen LogP contribution < -0.4 is 9.47 Å². The van der Waals surface area contributed by atoms with E-state index < -0.39 is 0 Å². The number of methoxy groups -OCH3 is 2. The molecule has 0 aromatic heterocycles. The molecule has 0 aliphatic heterocycles. The van der Waals surface area contributed by atoms with Gasteiger partial charge in [-0.1, -0.05) is 36.4 Å². The van der Waals surface area contributed by atoms with Gasteiger partial charge in [0.05, 0.1) is 14.2 Å². The molecule has 0 saturated heterocycles. The van der Waals surface area contributed by atoms with Crippen molar-refractivity contribution in [2.45, 2.75) is 26.4 Å². The molecule has 122 valence electrons. The minimum absolute atomic E-state index is 0.224. The van der Waals surface area contributed by atoms with Gasteiger partial charge in [-0.2, -0.15) is 0 Å². The first-order valence-corrected chi connectivity index (χ1v) is 7.55. The third-order valence-electron chi connectivity index (χ3n) is 3.73. The summed E-state index contributed by atoms with van der Waals surface area (Å²) in [7, 11) is 3.19. The lowest BCUT2D eigenvalue weighted by molar-refractivity contribution is -0.144. The molecule has 0 amide bonds. The molecule has 0 radical (unpaired) electrons. The maximum Gasteiger partial charge on any atom is 0.306 e. The zero-order chi connectivity index (χ0) is 16.7. The Morgan fingerprint density at radius 1 is 0.957 bits per heavy atom. The zero-order valence-corrected chi connectivity index (χ0v) is 13.8. The number of carbonyl (C=O) groups excluding carboxylic acids is 1. The summed E-state index contributed by atoms with van der Waals surface area (Å²) in [5.74, 6) is 1.11. The molecule has 4 heteroatoms. The SMILES string of the molecule is COc1cccc(CCC(=O)OCc2ccccc2C)c1OC. The van der Waals surface area contributed by atoms with Gasteiger partial charge in [-0.15, -0.1) is 0 Å². The van der Waals surface area contributed by atoms with Crippen molar-refractivity contribution in [1.82, 2.24) is 0 Å². The minimum atomic E-state index is -0.224. The number of benzene rings is 2. The Hall–Kier alpha value is -2.49. The first-order valence-electron chi connectivity index (χ1n) is 7.55. The summed E-state index contributed by atoms with van der Waals surface area (Å²) in [4.78, 5) is 12.0. The van der Waals surface area contributed by atoms with Crippen molar-refractivity contribution in [2.24, 2.45) is 0 Å². The van der Waals surface area contributed by atoms with Crippen LogP contribution in [0.2, 0.25) is 0 Å². The maximum absolute atomic E-state index is 12.0. The van der Waals surface area contributed by atoms with Crippen LogP contribution >= 0.6 is 0 Å². The van der Waals surface area contributed by atoms with E-state index in [-0.39, 0.29) is 5.97 Å². The fourth-order valence-electron chi connectivity index (χ4n) is 2.39. The number of esters is 1. The average molecular weight is 314 g/mol. The standard InChI is InChI=1S/C19H22O4/c1-14-7-4-5-8-16(14)13-23-18(20)12-11-15-9-6-10-17(21-2)19(15)22-3/h4-10H,11-13H2,1-3H3. The fourth-order valence-corrected chi connectivity index (χ4v) is 2.39. The van der Waals surface area contributed by atoms with Gasteiger partial charge in [0.2, 0.25) is 0 Å². The van der Waals surface area contributed by atoms with E-state index in [1.165, 1.54) is 0 Å². The lowest BCUT2D eigenvalue weighted by Crippen LogP contribution is -2.07. The van der Waals surface area contributed by atoms with Crippen molar-refractivity contribution in [3.05, 3.63) is 59.2 Å². The van der Waals surface area contributed by atoms with Crippen LogP contribution in [0.25, 0.3) is 0 Å². The molecule has 0 aliphatic carbocycles. The second-order valence-electron chi connectivity index (χ2n) is 5.24. The average Bonchev–Trinajstić information content (AvgIpc) is 2.58. The summed E-state index contributed by atoms with van der Waals surface area (Å²) in [5, 5.41) is 0. The lowest BCUT2D eigenvalue weighted by atomic mass is 10.1. The van der Waals surface area contributed by atoms with Crippen LogP contribution in [0, 0.1) is 6.92 Å². The largest absolute Gasteiger partial charge is 0.493 e. The van der Waals surface area contributed by atoms with Gasteiger partial charge in [-0.3, -0.25) is 4.79 Å². The smallest absolute Gasteiger partial charge is 0.306 e. The van der Waals surface area contributed by atoms with Crippen LogP contribution in [0.3, 0.4) is 0 Å². The Labute approximate surface area is 137 Å². The van der Waals surface area contributed by atoms with E-state index >= 15 is 0 Å². The van der Waals surface area contributed by atoms with E-state index in [9.17, 15) is 4.79 Å². The van der Waals surface area contributed by atoms with Crippen LogP contribution in [0.5, 0.6) is 11.5 Å². The van der Waals surface area contributed by atoms with Crippen molar-refractivity contribution in [2.75, 3.05) is 14.2 Å². The van der Waals surface area contributed by atoms with E-state index in [1.54, 1.807) is 14.2 Å². The molecule has 23 heavy (non-hydrogen) atoms. The summed E-state index contributed by atoms with van der Waals surface area (Å²) < 4.78 is 16.0. The summed E-state index contributed by atoms with van der Waals surface area (Å²) in [5.41, 5.74) is 3.08. The quantitative estimate of drug-likeness (QED) is 0.731. The number of hydrogen-bond acceptors (Lipinski definition) is 4. The first-order chi connectivity index (χ1) is 11.2. The zero-order valence-electron chi connectivity index (χ0n) is 13.8. The van der Waals surface area contributed by atoms with Crippen LogP contribution in [-0.2, 0) is 22.6 Å². The van der Waals surface area contributed by atoms with Crippen molar-refractivity contribution >= 4 is 5.97 Å². The predicted octanol–water partition coefficient (Wildman–Crippen LogP) is 3.69. The number of aryl methyl sites for hydroxylation is 2. The number of carbonyl (C=O) groups is 1. The Morgan fingerprint density at radius 2 is 1.70 bits per heavy atom. The van der Waals surface area contributed by atoms with Crippen LogP contribution in [0.1, 0.15) is 23.1 Å². The molecule has 0 aliphatic rings. The topological polar surface area (TPSA) is 44.8 Å². The minimum Gasteiger partial charge on any atom is -0.493 e. The summed E-state index contributed by atoms with van der Waals surface area (Å²) in [6.45, 7) is 2.31. The van der Waals surface area contributed by atoms with Gasteiger partial charge < -0.3 is 14.2 Å². The van der Waals surface area contributed by atoms with E-state index in [0.717, 1.165) is 16.7 Å². The Morgan fingerprint density at radius 3 is 2.39 bits per heavy atom. The van der Waals surface area contributed by atoms with E-state index in [2.05, 4.69) is 0 Å². The van der Waals surface area contributed by atoms with Gasteiger partial charge >= 0.3 is 5.97 Å². The van der Waals surface area contributed by atoms with Crippen molar-refractivity contribution in [3.8, 4) is 11.5 Å². The molecular weight excluding hydrogens is 292 g/mol. The van der Waals surface area contributed by atoms with E-state index in [0.29, 0.717) is 30.9 Å². The molecule has 0 N–H and O–H groups in total. The molecule has 0 atom stereocenters. The fraction of sp³-hybridized carbons (Fsp3) is 0.316. The third-order valence-corrected chi connectivity index (χ3v) is 3.73. The molecule has 0 saturated carbocycles. The maximum atomic E-state index is 12.0.